The van der Waals surface area contributed by atoms with Gasteiger partial charge in [-0.25, -0.2) is 5.01 Å². The Morgan fingerprint density at radius 2 is 2.24 bits per heavy atom. The number of amides is 2. The van der Waals surface area contributed by atoms with Crippen molar-refractivity contribution in [1.82, 2.24) is 10.4 Å². The number of fused-ring (bicyclic) bond motifs is 1. The van der Waals surface area contributed by atoms with Crippen LogP contribution >= 0.6 is 11.3 Å². The monoisotopic (exact) mass is 304 g/mol. The van der Waals surface area contributed by atoms with Crippen LogP contribution in [0.1, 0.15) is 35.3 Å². The molecule has 1 saturated heterocycles. The van der Waals surface area contributed by atoms with Crippen LogP contribution in [0.3, 0.4) is 0 Å². The lowest BCUT2D eigenvalue weighted by molar-refractivity contribution is -0.121. The van der Waals surface area contributed by atoms with Crippen molar-refractivity contribution in [2.24, 2.45) is 0 Å². The van der Waals surface area contributed by atoms with Crippen LogP contribution in [0.25, 0.3) is 0 Å². The zero-order chi connectivity index (χ0) is 15.0. The Hall–Kier alpha value is -1.91. The number of nitrogens with one attached hydrogen (secondary N) is 2. The van der Waals surface area contributed by atoms with Crippen molar-refractivity contribution >= 4 is 28.2 Å². The largest absolute Gasteiger partial charge is 0.315 e. The number of aryl methyl sites for hydroxylation is 1. The first kappa shape index (κ1) is 14.0. The molecule has 1 unspecified atom stereocenters. The van der Waals surface area contributed by atoms with Crippen molar-refractivity contribution in [3.05, 3.63) is 16.0 Å². The molecule has 0 radical (unpaired) electrons. The Morgan fingerprint density at radius 3 is 2.90 bits per heavy atom. The van der Waals surface area contributed by atoms with E-state index < -0.39 is 6.04 Å². The Bertz CT molecular complexity index is 646. The summed E-state index contributed by atoms with van der Waals surface area (Å²) in [5.74, 6) is -0.408. The second kappa shape index (κ2) is 5.47. The van der Waals surface area contributed by atoms with E-state index in [4.69, 9.17) is 0 Å². The number of rotatable bonds is 2. The normalized spacial score (nSPS) is 21.5. The van der Waals surface area contributed by atoms with Crippen molar-refractivity contribution in [1.29, 1.82) is 5.26 Å². The van der Waals surface area contributed by atoms with Crippen LogP contribution < -0.4 is 10.7 Å². The Morgan fingerprint density at radius 1 is 1.48 bits per heavy atom. The third kappa shape index (κ3) is 2.52. The molecule has 0 spiro atoms. The average molecular weight is 304 g/mol. The molecule has 110 valence electrons. The molecule has 7 heteroatoms. The van der Waals surface area contributed by atoms with Gasteiger partial charge in [-0.05, 0) is 31.2 Å². The van der Waals surface area contributed by atoms with Crippen LogP contribution in [-0.4, -0.2) is 29.9 Å². The van der Waals surface area contributed by atoms with E-state index in [0.29, 0.717) is 10.6 Å². The van der Waals surface area contributed by atoms with Crippen LogP contribution in [-0.2, 0) is 22.4 Å². The maximum atomic E-state index is 12.3. The topological polar surface area (TPSA) is 85.2 Å². The number of nitriles is 1. The van der Waals surface area contributed by atoms with E-state index in [2.05, 4.69) is 16.8 Å². The average Bonchev–Trinajstić information content (AvgIpc) is 2.97. The molecule has 1 aliphatic heterocycles. The molecule has 1 aromatic heterocycles. The van der Waals surface area contributed by atoms with Crippen molar-refractivity contribution < 1.29 is 9.59 Å². The van der Waals surface area contributed by atoms with Crippen molar-refractivity contribution in [2.75, 3.05) is 12.4 Å². The molecule has 1 aliphatic carbocycles. The highest BCUT2D eigenvalue weighted by molar-refractivity contribution is 7.16. The molecule has 6 nitrogen and oxygen atoms in total. The predicted molar refractivity (Wildman–Crippen MR) is 78.6 cm³/mol. The smallest absolute Gasteiger partial charge is 0.244 e. The lowest BCUT2D eigenvalue weighted by atomic mass is 9.96. The van der Waals surface area contributed by atoms with Gasteiger partial charge in [0.05, 0.1) is 12.0 Å². The van der Waals surface area contributed by atoms with E-state index in [1.807, 2.05) is 0 Å². The molecule has 21 heavy (non-hydrogen) atoms. The number of hydrazine groups is 1. The van der Waals surface area contributed by atoms with Gasteiger partial charge in [0.2, 0.25) is 11.8 Å². The molecule has 2 amide bonds. The van der Waals surface area contributed by atoms with Gasteiger partial charge < -0.3 is 5.32 Å². The summed E-state index contributed by atoms with van der Waals surface area (Å²) in [4.78, 5) is 24.8. The molecule has 2 N–H and O–H groups in total. The van der Waals surface area contributed by atoms with Crippen molar-refractivity contribution in [3.63, 3.8) is 0 Å². The fourth-order valence-electron chi connectivity index (χ4n) is 2.87. The highest BCUT2D eigenvalue weighted by Gasteiger charge is 2.34. The summed E-state index contributed by atoms with van der Waals surface area (Å²) in [5, 5.41) is 14.3. The summed E-state index contributed by atoms with van der Waals surface area (Å²) in [7, 11) is 1.67. The second-order valence-corrected chi connectivity index (χ2v) is 6.49. The minimum atomic E-state index is -0.525. The van der Waals surface area contributed by atoms with Crippen LogP contribution in [0, 0.1) is 11.3 Å². The number of nitrogens with zero attached hydrogens (tertiary/aromatic N) is 2. The molecule has 1 atom stereocenters. The van der Waals surface area contributed by atoms with Gasteiger partial charge in [0, 0.05) is 11.9 Å². The van der Waals surface area contributed by atoms with E-state index in [1.165, 1.54) is 21.2 Å². The zero-order valence-electron chi connectivity index (χ0n) is 11.7. The molecule has 0 aromatic carbocycles. The molecule has 0 bridgehead atoms. The molecule has 2 aliphatic rings. The number of likely N-dealkylation sites (N-methyl/N-ethyl adjacent to an activating group) is 1. The maximum absolute atomic E-state index is 12.3. The fraction of sp³-hybridized carbons (Fsp3) is 0.500. The molecule has 2 heterocycles. The minimum absolute atomic E-state index is 0.148. The number of carbonyl (C=O) groups is 2. The van der Waals surface area contributed by atoms with Crippen LogP contribution in [0.4, 0.5) is 5.00 Å². The number of hydrogen-bond acceptors (Lipinski definition) is 5. The van der Waals surface area contributed by atoms with E-state index in [-0.39, 0.29) is 18.2 Å². The lowest BCUT2D eigenvalue weighted by Gasteiger charge is -2.16. The van der Waals surface area contributed by atoms with Gasteiger partial charge in [-0.2, -0.15) is 5.26 Å². The van der Waals surface area contributed by atoms with E-state index in [0.717, 1.165) is 31.2 Å². The highest BCUT2D eigenvalue weighted by atomic mass is 32.1. The van der Waals surface area contributed by atoms with Gasteiger partial charge in [-0.15, -0.1) is 11.3 Å². The van der Waals surface area contributed by atoms with Gasteiger partial charge in [-0.1, -0.05) is 0 Å². The number of anilines is 1. The molecule has 0 saturated carbocycles. The molecular formula is C14H16N4O2S. The maximum Gasteiger partial charge on any atom is 0.244 e. The summed E-state index contributed by atoms with van der Waals surface area (Å²) >= 11 is 1.50. The number of hydrogen-bond donors (Lipinski definition) is 2. The van der Waals surface area contributed by atoms with Crippen LogP contribution in [0.5, 0.6) is 0 Å². The quantitative estimate of drug-likeness (QED) is 0.859. The Balaban J connectivity index is 1.82. The summed E-state index contributed by atoms with van der Waals surface area (Å²) < 4.78 is 0. The lowest BCUT2D eigenvalue weighted by Crippen LogP contribution is -2.41. The summed E-state index contributed by atoms with van der Waals surface area (Å²) in [5.41, 5.74) is 4.28. The first-order chi connectivity index (χ1) is 10.1. The molecule has 3 rings (SSSR count). The van der Waals surface area contributed by atoms with Gasteiger partial charge in [0.15, 0.2) is 0 Å². The molecule has 1 aromatic rings. The second-order valence-electron chi connectivity index (χ2n) is 5.38. The van der Waals surface area contributed by atoms with E-state index in [9.17, 15) is 14.9 Å². The Kier molecular flexibility index (Phi) is 3.66. The first-order valence-corrected chi connectivity index (χ1v) is 7.79. The Labute approximate surface area is 126 Å². The number of thiophene rings is 1. The van der Waals surface area contributed by atoms with Crippen LogP contribution in [0.2, 0.25) is 0 Å². The zero-order valence-corrected chi connectivity index (χ0v) is 12.5. The van der Waals surface area contributed by atoms with Crippen molar-refractivity contribution in [2.45, 2.75) is 38.1 Å². The molecular weight excluding hydrogens is 288 g/mol. The van der Waals surface area contributed by atoms with E-state index in [1.54, 1.807) is 7.05 Å². The summed E-state index contributed by atoms with van der Waals surface area (Å²) in [6.45, 7) is 0. The highest BCUT2D eigenvalue weighted by Crippen LogP contribution is 2.37. The van der Waals surface area contributed by atoms with Gasteiger partial charge in [-0.3, -0.25) is 15.0 Å². The predicted octanol–water partition coefficient (Wildman–Crippen LogP) is 1.17. The summed E-state index contributed by atoms with van der Waals surface area (Å²) in [6.07, 6.45) is 4.27. The van der Waals surface area contributed by atoms with Gasteiger partial charge in [0.25, 0.3) is 0 Å². The standard InChI is InChI=1S/C14H16N4O2S/c1-18-10(6-12(19)17-18)13(20)16-14-9(7-15)8-4-2-3-5-11(8)21-14/h10H,2-6H2,1H3,(H,16,20)(H,17,19). The van der Waals surface area contributed by atoms with Gasteiger partial charge >= 0.3 is 0 Å². The summed E-state index contributed by atoms with van der Waals surface area (Å²) in [6, 6.07) is 1.69. The minimum Gasteiger partial charge on any atom is -0.315 e. The third-order valence-electron chi connectivity index (χ3n) is 3.97. The molecule has 1 fully saturated rings. The SMILES string of the molecule is CN1NC(=O)CC1C(=O)Nc1sc2c(c1C#N)CCCC2. The van der Waals surface area contributed by atoms with Crippen molar-refractivity contribution in [3.8, 4) is 6.07 Å². The van der Waals surface area contributed by atoms with E-state index >= 15 is 0 Å². The fourth-order valence-corrected chi connectivity index (χ4v) is 4.11. The van der Waals surface area contributed by atoms with Crippen LogP contribution in [0.15, 0.2) is 0 Å². The third-order valence-corrected chi connectivity index (χ3v) is 5.18. The van der Waals surface area contributed by atoms with Gasteiger partial charge in [0.1, 0.15) is 17.1 Å². The first-order valence-electron chi connectivity index (χ1n) is 6.98. The number of carbonyl (C=O) groups excluding carboxylic acids is 2.